The van der Waals surface area contributed by atoms with Crippen LogP contribution in [0.2, 0.25) is 0 Å². The lowest BCUT2D eigenvalue weighted by molar-refractivity contribution is 0.287. The summed E-state index contributed by atoms with van der Waals surface area (Å²) in [6, 6.07) is 6.12. The summed E-state index contributed by atoms with van der Waals surface area (Å²) in [6.45, 7) is 14.8. The fourth-order valence-electron chi connectivity index (χ4n) is 2.70. The summed E-state index contributed by atoms with van der Waals surface area (Å²) in [7, 11) is 0. The molecule has 0 fully saturated rings. The molecule has 0 aliphatic rings. The molecule has 0 saturated carbocycles. The van der Waals surface area contributed by atoms with Crippen molar-refractivity contribution in [2.24, 2.45) is 4.99 Å². The second-order valence-electron chi connectivity index (χ2n) is 6.38. The summed E-state index contributed by atoms with van der Waals surface area (Å²) < 4.78 is 11.4. The monoisotopic (exact) mass is 404 g/mol. The maximum atomic E-state index is 5.75. The first-order chi connectivity index (χ1) is 13.5. The van der Waals surface area contributed by atoms with Crippen molar-refractivity contribution in [3.05, 3.63) is 39.3 Å². The molecule has 7 heteroatoms. The summed E-state index contributed by atoms with van der Waals surface area (Å²) >= 11 is 1.70. The van der Waals surface area contributed by atoms with E-state index >= 15 is 0 Å². The number of ether oxygens (including phenoxy) is 2. The highest BCUT2D eigenvalue weighted by Crippen LogP contribution is 2.30. The van der Waals surface area contributed by atoms with E-state index in [1.54, 1.807) is 11.3 Å². The average Bonchev–Trinajstić information content (AvgIpc) is 2.99. The molecule has 154 valence electrons. The van der Waals surface area contributed by atoms with Crippen LogP contribution in [0.4, 0.5) is 0 Å². The van der Waals surface area contributed by atoms with Crippen LogP contribution in [0, 0.1) is 13.8 Å². The number of rotatable bonds is 9. The van der Waals surface area contributed by atoms with Crippen LogP contribution in [0.25, 0.3) is 0 Å². The van der Waals surface area contributed by atoms with Crippen LogP contribution in [-0.4, -0.2) is 30.7 Å². The molecule has 0 radical (unpaired) electrons. The minimum absolute atomic E-state index is 0.0625. The largest absolute Gasteiger partial charge is 0.490 e. The molecule has 0 saturated heterocycles. The predicted molar refractivity (Wildman–Crippen MR) is 117 cm³/mol. The highest BCUT2D eigenvalue weighted by atomic mass is 32.1. The quantitative estimate of drug-likeness (QED) is 0.480. The minimum atomic E-state index is 0.0625. The van der Waals surface area contributed by atoms with Gasteiger partial charge in [-0.2, -0.15) is 0 Å². The molecule has 1 heterocycles. The van der Waals surface area contributed by atoms with Crippen LogP contribution >= 0.6 is 11.3 Å². The number of benzene rings is 1. The van der Waals surface area contributed by atoms with Crippen molar-refractivity contribution >= 4 is 17.3 Å². The van der Waals surface area contributed by atoms with Gasteiger partial charge in [0.25, 0.3) is 0 Å². The molecule has 0 aliphatic heterocycles. The molecular formula is C21H32N4O2S. The van der Waals surface area contributed by atoms with Gasteiger partial charge in [0.15, 0.2) is 17.5 Å². The Morgan fingerprint density at radius 2 is 1.86 bits per heavy atom. The number of aryl methyl sites for hydroxylation is 2. The van der Waals surface area contributed by atoms with Crippen molar-refractivity contribution in [1.82, 2.24) is 15.6 Å². The lowest BCUT2D eigenvalue weighted by Crippen LogP contribution is -2.38. The zero-order valence-electron chi connectivity index (χ0n) is 17.8. The molecule has 28 heavy (non-hydrogen) atoms. The highest BCUT2D eigenvalue weighted by Gasteiger charge is 2.13. The second kappa shape index (κ2) is 10.9. The van der Waals surface area contributed by atoms with E-state index in [0.29, 0.717) is 19.8 Å². The third-order valence-electron chi connectivity index (χ3n) is 4.21. The van der Waals surface area contributed by atoms with Crippen molar-refractivity contribution < 1.29 is 9.47 Å². The molecule has 0 bridgehead atoms. The minimum Gasteiger partial charge on any atom is -0.490 e. The summed E-state index contributed by atoms with van der Waals surface area (Å²) in [4.78, 5) is 10.5. The molecule has 2 N–H and O–H groups in total. The SMILES string of the molecule is CCNC(=NCc1nc(C)c(C)s1)NC(C)c1ccc(OCC)c(OCC)c1. The van der Waals surface area contributed by atoms with Crippen molar-refractivity contribution in [1.29, 1.82) is 0 Å². The molecule has 1 aromatic carbocycles. The number of guanidine groups is 1. The highest BCUT2D eigenvalue weighted by molar-refractivity contribution is 7.11. The summed E-state index contributed by atoms with van der Waals surface area (Å²) in [5, 5.41) is 7.80. The van der Waals surface area contributed by atoms with Gasteiger partial charge in [0.05, 0.1) is 31.5 Å². The number of hydrogen-bond donors (Lipinski definition) is 2. The fourth-order valence-corrected chi connectivity index (χ4v) is 3.56. The zero-order chi connectivity index (χ0) is 20.5. The maximum Gasteiger partial charge on any atom is 0.192 e. The second-order valence-corrected chi connectivity index (χ2v) is 7.67. The Kier molecular flexibility index (Phi) is 8.57. The Labute approximate surface area is 172 Å². The Morgan fingerprint density at radius 1 is 1.14 bits per heavy atom. The molecule has 6 nitrogen and oxygen atoms in total. The van der Waals surface area contributed by atoms with E-state index in [2.05, 4.69) is 42.5 Å². The van der Waals surface area contributed by atoms with E-state index in [-0.39, 0.29) is 6.04 Å². The molecule has 1 unspecified atom stereocenters. The van der Waals surface area contributed by atoms with Crippen molar-refractivity contribution in [2.45, 2.75) is 54.1 Å². The zero-order valence-corrected chi connectivity index (χ0v) is 18.6. The van der Waals surface area contributed by atoms with E-state index in [1.165, 1.54) is 4.88 Å². The van der Waals surface area contributed by atoms with Crippen molar-refractivity contribution in [3.63, 3.8) is 0 Å². The van der Waals surface area contributed by atoms with Crippen molar-refractivity contribution in [3.8, 4) is 11.5 Å². The molecular weight excluding hydrogens is 372 g/mol. The standard InChI is InChI=1S/C21H32N4O2S/c1-7-22-21(23-13-20-24-14(4)16(6)28-20)25-15(5)17-10-11-18(26-8-2)19(12-17)27-9-3/h10-12,15H,7-9,13H2,1-6H3,(H2,22,23,25). The molecule has 0 spiro atoms. The van der Waals surface area contributed by atoms with Gasteiger partial charge in [0.2, 0.25) is 0 Å². The van der Waals surface area contributed by atoms with Gasteiger partial charge in [-0.25, -0.2) is 9.98 Å². The third-order valence-corrected chi connectivity index (χ3v) is 5.27. The first-order valence-corrected chi connectivity index (χ1v) is 10.7. The Bertz CT molecular complexity index is 769. The van der Waals surface area contributed by atoms with Gasteiger partial charge < -0.3 is 20.1 Å². The van der Waals surface area contributed by atoms with E-state index in [1.807, 2.05) is 32.9 Å². The van der Waals surface area contributed by atoms with Crippen LogP contribution in [0.1, 0.15) is 54.9 Å². The number of aliphatic imine (C=N–C) groups is 1. The molecule has 0 amide bonds. The van der Waals surface area contributed by atoms with Gasteiger partial charge in [0.1, 0.15) is 5.01 Å². The van der Waals surface area contributed by atoms with Gasteiger partial charge >= 0.3 is 0 Å². The number of hydrogen-bond acceptors (Lipinski definition) is 5. The Morgan fingerprint density at radius 3 is 2.46 bits per heavy atom. The van der Waals surface area contributed by atoms with Crippen LogP contribution in [-0.2, 0) is 6.54 Å². The number of aromatic nitrogens is 1. The normalized spacial score (nSPS) is 12.6. The van der Waals surface area contributed by atoms with E-state index in [9.17, 15) is 0 Å². The van der Waals surface area contributed by atoms with Gasteiger partial charge in [-0.3, -0.25) is 0 Å². The molecule has 0 aliphatic carbocycles. The average molecular weight is 405 g/mol. The van der Waals surface area contributed by atoms with Crippen LogP contribution < -0.4 is 20.1 Å². The van der Waals surface area contributed by atoms with Crippen LogP contribution in [0.15, 0.2) is 23.2 Å². The topological polar surface area (TPSA) is 67.8 Å². The molecule has 1 atom stereocenters. The maximum absolute atomic E-state index is 5.75. The predicted octanol–water partition coefficient (Wildman–Crippen LogP) is 4.37. The Balaban J connectivity index is 2.13. The van der Waals surface area contributed by atoms with Gasteiger partial charge in [-0.15, -0.1) is 11.3 Å². The smallest absolute Gasteiger partial charge is 0.192 e. The molecule has 1 aromatic heterocycles. The number of nitrogens with zero attached hydrogens (tertiary/aromatic N) is 2. The van der Waals surface area contributed by atoms with Gasteiger partial charge in [-0.05, 0) is 59.2 Å². The first-order valence-electron chi connectivity index (χ1n) is 9.85. The fraction of sp³-hybridized carbons (Fsp3) is 0.524. The first kappa shape index (κ1) is 22.0. The lowest BCUT2D eigenvalue weighted by Gasteiger charge is -2.20. The van der Waals surface area contributed by atoms with Crippen molar-refractivity contribution in [2.75, 3.05) is 19.8 Å². The molecule has 2 aromatic rings. The lowest BCUT2D eigenvalue weighted by atomic mass is 10.1. The number of thiazole rings is 1. The van der Waals surface area contributed by atoms with Crippen LogP contribution in [0.3, 0.4) is 0 Å². The summed E-state index contributed by atoms with van der Waals surface area (Å²) in [5.41, 5.74) is 2.19. The van der Waals surface area contributed by atoms with E-state index in [0.717, 1.165) is 40.3 Å². The number of nitrogens with one attached hydrogen (secondary N) is 2. The van der Waals surface area contributed by atoms with Gasteiger partial charge in [-0.1, -0.05) is 6.07 Å². The van der Waals surface area contributed by atoms with Crippen LogP contribution in [0.5, 0.6) is 11.5 Å². The summed E-state index contributed by atoms with van der Waals surface area (Å²) in [5.74, 6) is 2.31. The van der Waals surface area contributed by atoms with E-state index in [4.69, 9.17) is 14.5 Å². The molecule has 2 rings (SSSR count). The third kappa shape index (κ3) is 6.12. The summed E-state index contributed by atoms with van der Waals surface area (Å²) in [6.07, 6.45) is 0. The Hall–Kier alpha value is -2.28. The van der Waals surface area contributed by atoms with E-state index < -0.39 is 0 Å². The van der Waals surface area contributed by atoms with Gasteiger partial charge in [0, 0.05) is 11.4 Å².